The summed E-state index contributed by atoms with van der Waals surface area (Å²) in [6.45, 7) is 4.26. The molecular weight excluding hydrogens is 416 g/mol. The van der Waals surface area contributed by atoms with Crippen LogP contribution in [0.1, 0.15) is 64.4 Å². The van der Waals surface area contributed by atoms with E-state index in [-0.39, 0.29) is 29.3 Å². The molecule has 1 unspecified atom stereocenters. The van der Waals surface area contributed by atoms with Crippen LogP contribution in [0.25, 0.3) is 0 Å². The summed E-state index contributed by atoms with van der Waals surface area (Å²) in [4.78, 5) is 37.5. The Hall–Kier alpha value is -2.57. The number of piperidine rings is 1. The van der Waals surface area contributed by atoms with Gasteiger partial charge in [-0.25, -0.2) is 0 Å². The standard InChI is InChI=1S/C25H33F2NO4/c1-18(2)21(24(31)32)13-7-4-8-17-28-20(12-9-14-23(28)30)15-16-22(29)25(26,27)19-10-5-3-6-11-19/h3,5-6,10-11,15-16,18,20-21H,4,7-9,12-14,17H2,1-2H3,(H,31,32)/t20-,21?/m1/s1. The highest BCUT2D eigenvalue weighted by Gasteiger charge is 2.39. The summed E-state index contributed by atoms with van der Waals surface area (Å²) >= 11 is 0. The lowest BCUT2D eigenvalue weighted by Gasteiger charge is -2.34. The molecule has 176 valence electrons. The van der Waals surface area contributed by atoms with E-state index in [2.05, 4.69) is 0 Å². The molecule has 5 nitrogen and oxygen atoms in total. The monoisotopic (exact) mass is 449 g/mol. The lowest BCUT2D eigenvalue weighted by Crippen LogP contribution is -2.43. The van der Waals surface area contributed by atoms with E-state index in [4.69, 9.17) is 0 Å². The van der Waals surface area contributed by atoms with Crippen molar-refractivity contribution in [2.24, 2.45) is 11.8 Å². The van der Waals surface area contributed by atoms with Crippen molar-refractivity contribution in [2.45, 2.75) is 70.8 Å². The first-order chi connectivity index (χ1) is 15.1. The molecule has 0 bridgehead atoms. The molecule has 0 aliphatic carbocycles. The Kier molecular flexibility index (Phi) is 9.54. The molecule has 1 N–H and O–H groups in total. The van der Waals surface area contributed by atoms with E-state index in [0.29, 0.717) is 38.6 Å². The normalized spacial score (nSPS) is 18.3. The van der Waals surface area contributed by atoms with E-state index >= 15 is 0 Å². The van der Waals surface area contributed by atoms with Crippen LogP contribution in [0.3, 0.4) is 0 Å². The second kappa shape index (κ2) is 11.9. The van der Waals surface area contributed by atoms with Gasteiger partial charge in [0.25, 0.3) is 0 Å². The number of carbonyl (C=O) groups excluding carboxylic acids is 2. The van der Waals surface area contributed by atoms with E-state index < -0.39 is 17.7 Å². The molecule has 1 aliphatic heterocycles. The van der Waals surface area contributed by atoms with Crippen molar-refractivity contribution in [1.82, 2.24) is 4.90 Å². The van der Waals surface area contributed by atoms with Gasteiger partial charge in [0.2, 0.25) is 11.7 Å². The number of benzene rings is 1. The van der Waals surface area contributed by atoms with Crippen molar-refractivity contribution in [3.05, 3.63) is 48.0 Å². The van der Waals surface area contributed by atoms with E-state index in [0.717, 1.165) is 18.9 Å². The van der Waals surface area contributed by atoms with Gasteiger partial charge >= 0.3 is 11.9 Å². The zero-order valence-corrected chi connectivity index (χ0v) is 18.8. The lowest BCUT2D eigenvalue weighted by molar-refractivity contribution is -0.143. The van der Waals surface area contributed by atoms with Gasteiger partial charge in [0.15, 0.2) is 0 Å². The molecule has 1 fully saturated rings. The number of alkyl halides is 2. The zero-order valence-electron chi connectivity index (χ0n) is 18.8. The number of halogens is 2. The third-order valence-electron chi connectivity index (χ3n) is 6.06. The van der Waals surface area contributed by atoms with Crippen LogP contribution < -0.4 is 0 Å². The summed E-state index contributed by atoms with van der Waals surface area (Å²) in [5.41, 5.74) is -0.354. The number of carboxylic acid groups (broad SMARTS) is 1. The fraction of sp³-hybridized carbons (Fsp3) is 0.560. The van der Waals surface area contributed by atoms with Crippen LogP contribution in [0.2, 0.25) is 0 Å². The van der Waals surface area contributed by atoms with E-state index in [9.17, 15) is 28.3 Å². The maximum absolute atomic E-state index is 14.4. The first kappa shape index (κ1) is 25.7. The van der Waals surface area contributed by atoms with E-state index in [1.54, 1.807) is 11.0 Å². The van der Waals surface area contributed by atoms with E-state index in [1.807, 2.05) is 13.8 Å². The molecule has 1 heterocycles. The van der Waals surface area contributed by atoms with Crippen molar-refractivity contribution in [3.63, 3.8) is 0 Å². The van der Waals surface area contributed by atoms with Crippen LogP contribution in [0, 0.1) is 11.8 Å². The van der Waals surface area contributed by atoms with Crippen LogP contribution in [-0.4, -0.2) is 40.3 Å². The fourth-order valence-electron chi connectivity index (χ4n) is 4.10. The number of ketones is 1. The first-order valence-corrected chi connectivity index (χ1v) is 11.3. The third-order valence-corrected chi connectivity index (χ3v) is 6.06. The van der Waals surface area contributed by atoms with Crippen molar-refractivity contribution in [1.29, 1.82) is 0 Å². The number of likely N-dealkylation sites (tertiary alicyclic amines) is 1. The number of hydrogen-bond acceptors (Lipinski definition) is 3. The van der Waals surface area contributed by atoms with Gasteiger partial charge in [-0.3, -0.25) is 14.4 Å². The Balaban J connectivity index is 1.92. The Bertz CT molecular complexity index is 807. The van der Waals surface area contributed by atoms with Crippen LogP contribution in [0.4, 0.5) is 8.78 Å². The smallest absolute Gasteiger partial charge is 0.334 e. The molecule has 0 aromatic heterocycles. The van der Waals surface area contributed by atoms with Gasteiger partial charge in [-0.05, 0) is 37.7 Å². The summed E-state index contributed by atoms with van der Waals surface area (Å²) in [7, 11) is 0. The predicted octanol–water partition coefficient (Wildman–Crippen LogP) is 5.20. The van der Waals surface area contributed by atoms with Crippen LogP contribution in [-0.2, 0) is 20.3 Å². The minimum Gasteiger partial charge on any atom is -0.481 e. The fourth-order valence-corrected chi connectivity index (χ4v) is 4.10. The van der Waals surface area contributed by atoms with Gasteiger partial charge in [-0.15, -0.1) is 0 Å². The number of rotatable bonds is 12. The Morgan fingerprint density at radius 2 is 1.88 bits per heavy atom. The Morgan fingerprint density at radius 1 is 1.19 bits per heavy atom. The number of hydrogen-bond donors (Lipinski definition) is 1. The summed E-state index contributed by atoms with van der Waals surface area (Å²) in [5.74, 6) is -6.04. The number of allylic oxidation sites excluding steroid dienone is 1. The van der Waals surface area contributed by atoms with Crippen LogP contribution >= 0.6 is 0 Å². The molecule has 1 aliphatic rings. The highest BCUT2D eigenvalue weighted by molar-refractivity contribution is 5.96. The SMILES string of the molecule is CC(C)C(CCCCCN1C(=O)CCC[C@@H]1C=CC(=O)C(F)(F)c1ccccc1)C(=O)O. The van der Waals surface area contributed by atoms with Crippen molar-refractivity contribution in [2.75, 3.05) is 6.54 Å². The van der Waals surface area contributed by atoms with Gasteiger partial charge in [0.05, 0.1) is 12.0 Å². The average Bonchev–Trinajstić information content (AvgIpc) is 2.75. The molecule has 0 spiro atoms. The van der Waals surface area contributed by atoms with E-state index in [1.165, 1.54) is 30.3 Å². The Labute approximate surface area is 188 Å². The van der Waals surface area contributed by atoms with Crippen molar-refractivity contribution < 1.29 is 28.3 Å². The average molecular weight is 450 g/mol. The number of carboxylic acids is 1. The molecule has 1 aromatic rings. The summed E-state index contributed by atoms with van der Waals surface area (Å²) in [6.07, 6.45) is 6.85. The second-order valence-corrected chi connectivity index (χ2v) is 8.75. The molecule has 2 atom stereocenters. The molecule has 7 heteroatoms. The molecule has 0 radical (unpaired) electrons. The molecule has 1 aromatic carbocycles. The number of carbonyl (C=O) groups is 3. The highest BCUT2D eigenvalue weighted by Crippen LogP contribution is 2.30. The van der Waals surface area contributed by atoms with Gasteiger partial charge in [-0.1, -0.05) is 63.1 Å². The molecule has 32 heavy (non-hydrogen) atoms. The highest BCUT2D eigenvalue weighted by atomic mass is 19.3. The third kappa shape index (κ3) is 6.97. The number of unbranched alkanes of at least 4 members (excludes halogenated alkanes) is 2. The zero-order chi connectivity index (χ0) is 23.7. The van der Waals surface area contributed by atoms with Crippen molar-refractivity contribution >= 4 is 17.7 Å². The van der Waals surface area contributed by atoms with Crippen LogP contribution in [0.15, 0.2) is 42.5 Å². The summed E-state index contributed by atoms with van der Waals surface area (Å²) in [5, 5.41) is 9.27. The largest absolute Gasteiger partial charge is 0.481 e. The number of amides is 1. The minimum atomic E-state index is -3.61. The van der Waals surface area contributed by atoms with Crippen molar-refractivity contribution in [3.8, 4) is 0 Å². The maximum Gasteiger partial charge on any atom is 0.334 e. The van der Waals surface area contributed by atoms with Gasteiger partial charge in [0, 0.05) is 18.5 Å². The number of nitrogens with zero attached hydrogens (tertiary/aromatic N) is 1. The quantitative estimate of drug-likeness (QED) is 0.351. The Morgan fingerprint density at radius 3 is 2.50 bits per heavy atom. The molecule has 1 saturated heterocycles. The van der Waals surface area contributed by atoms with Crippen LogP contribution in [0.5, 0.6) is 0 Å². The molecule has 1 amide bonds. The number of aliphatic carboxylic acids is 1. The van der Waals surface area contributed by atoms with Gasteiger partial charge < -0.3 is 10.0 Å². The summed E-state index contributed by atoms with van der Waals surface area (Å²) in [6, 6.07) is 6.58. The molecule has 0 saturated carbocycles. The minimum absolute atomic E-state index is 0.0428. The topological polar surface area (TPSA) is 74.7 Å². The maximum atomic E-state index is 14.4. The van der Waals surface area contributed by atoms with Gasteiger partial charge in [0.1, 0.15) is 0 Å². The molecule has 2 rings (SSSR count). The second-order valence-electron chi connectivity index (χ2n) is 8.75. The summed E-state index contributed by atoms with van der Waals surface area (Å²) < 4.78 is 28.8. The molecular formula is C25H33F2NO4. The lowest BCUT2D eigenvalue weighted by atomic mass is 9.90. The van der Waals surface area contributed by atoms with Gasteiger partial charge in [-0.2, -0.15) is 8.78 Å². The first-order valence-electron chi connectivity index (χ1n) is 11.3. The predicted molar refractivity (Wildman–Crippen MR) is 118 cm³/mol.